The van der Waals surface area contributed by atoms with Gasteiger partial charge in [0, 0.05) is 12.1 Å². The molecule has 0 aromatic heterocycles. The van der Waals surface area contributed by atoms with Gasteiger partial charge in [0.25, 0.3) is 0 Å². The lowest BCUT2D eigenvalue weighted by molar-refractivity contribution is 1.30. The maximum Gasteiger partial charge on any atom is 0.113 e. The van der Waals surface area contributed by atoms with Crippen LogP contribution in [0.15, 0.2) is 29.3 Å². The molecule has 0 spiro atoms. The minimum absolute atomic E-state index is 0.326. The summed E-state index contributed by atoms with van der Waals surface area (Å²) in [6.07, 6.45) is 4.63. The first kappa shape index (κ1) is 10.4. The van der Waals surface area contributed by atoms with Crippen molar-refractivity contribution in [3.05, 3.63) is 24.3 Å². The zero-order valence-corrected chi connectivity index (χ0v) is 7.86. The predicted octanol–water partition coefficient (Wildman–Crippen LogP) is 3.17. The highest BCUT2D eigenvalue weighted by molar-refractivity contribution is 6.18. The standard InChI is InChI=1S/C9H14ClN/c1-4-5-9(11-7-10)6-8(2)3/h4,6H,1,5,7H2,2-3H3. The number of alkyl halides is 1. The van der Waals surface area contributed by atoms with Crippen LogP contribution in [0.2, 0.25) is 0 Å². The Morgan fingerprint density at radius 2 is 2.18 bits per heavy atom. The van der Waals surface area contributed by atoms with Gasteiger partial charge < -0.3 is 0 Å². The van der Waals surface area contributed by atoms with Crippen molar-refractivity contribution < 1.29 is 0 Å². The Morgan fingerprint density at radius 1 is 1.55 bits per heavy atom. The molecule has 0 unspecified atom stereocenters. The number of hydrogen-bond acceptors (Lipinski definition) is 1. The van der Waals surface area contributed by atoms with E-state index in [0.29, 0.717) is 6.00 Å². The Morgan fingerprint density at radius 3 is 2.55 bits per heavy atom. The molecule has 0 atom stereocenters. The number of aliphatic imine (C=N–C) groups is 1. The molecule has 0 radical (unpaired) electrons. The highest BCUT2D eigenvalue weighted by Crippen LogP contribution is 1.97. The van der Waals surface area contributed by atoms with E-state index in [2.05, 4.69) is 11.6 Å². The van der Waals surface area contributed by atoms with E-state index in [1.165, 1.54) is 5.57 Å². The Kier molecular flexibility index (Phi) is 5.86. The van der Waals surface area contributed by atoms with Gasteiger partial charge in [-0.05, 0) is 19.9 Å². The second-order valence-corrected chi connectivity index (χ2v) is 2.72. The van der Waals surface area contributed by atoms with Crippen molar-refractivity contribution in [2.24, 2.45) is 4.99 Å². The maximum absolute atomic E-state index is 5.46. The second-order valence-electron chi connectivity index (χ2n) is 2.48. The Labute approximate surface area is 73.5 Å². The van der Waals surface area contributed by atoms with Gasteiger partial charge in [0.15, 0.2) is 0 Å². The molecule has 62 valence electrons. The highest BCUT2D eigenvalue weighted by atomic mass is 35.5. The van der Waals surface area contributed by atoms with Crippen LogP contribution in [0.25, 0.3) is 0 Å². The van der Waals surface area contributed by atoms with E-state index in [1.54, 1.807) is 0 Å². The molecule has 0 fully saturated rings. The van der Waals surface area contributed by atoms with E-state index in [-0.39, 0.29) is 0 Å². The first-order valence-corrected chi connectivity index (χ1v) is 4.09. The Balaban J connectivity index is 4.22. The molecule has 0 aliphatic rings. The normalized spacial score (nSPS) is 11.0. The number of halogens is 1. The van der Waals surface area contributed by atoms with Crippen LogP contribution in [0.3, 0.4) is 0 Å². The van der Waals surface area contributed by atoms with Crippen molar-refractivity contribution in [1.29, 1.82) is 0 Å². The van der Waals surface area contributed by atoms with Crippen molar-refractivity contribution in [2.45, 2.75) is 20.3 Å². The third kappa shape index (κ3) is 5.86. The van der Waals surface area contributed by atoms with Crippen LogP contribution in [0.1, 0.15) is 20.3 Å². The van der Waals surface area contributed by atoms with Gasteiger partial charge in [-0.3, -0.25) is 4.99 Å². The second kappa shape index (κ2) is 6.17. The monoisotopic (exact) mass is 171 g/mol. The molecule has 0 aliphatic carbocycles. The minimum atomic E-state index is 0.326. The largest absolute Gasteiger partial charge is 0.273 e. The van der Waals surface area contributed by atoms with Crippen LogP contribution in [0, 0.1) is 0 Å². The van der Waals surface area contributed by atoms with Crippen LogP contribution in [0.5, 0.6) is 0 Å². The topological polar surface area (TPSA) is 12.4 Å². The van der Waals surface area contributed by atoms with Crippen LogP contribution < -0.4 is 0 Å². The number of rotatable bonds is 4. The van der Waals surface area contributed by atoms with E-state index < -0.39 is 0 Å². The summed E-state index contributed by atoms with van der Waals surface area (Å²) >= 11 is 5.46. The molecule has 1 nitrogen and oxygen atoms in total. The van der Waals surface area contributed by atoms with Crippen LogP contribution in [0.4, 0.5) is 0 Å². The zero-order valence-electron chi connectivity index (χ0n) is 7.10. The van der Waals surface area contributed by atoms with Crippen molar-refractivity contribution in [1.82, 2.24) is 0 Å². The van der Waals surface area contributed by atoms with E-state index in [9.17, 15) is 0 Å². The summed E-state index contributed by atoms with van der Waals surface area (Å²) in [7, 11) is 0. The zero-order chi connectivity index (χ0) is 8.69. The average molecular weight is 172 g/mol. The molecular formula is C9H14ClN. The molecule has 0 aliphatic heterocycles. The lowest BCUT2D eigenvalue weighted by Crippen LogP contribution is -1.92. The fourth-order valence-electron chi connectivity index (χ4n) is 0.727. The van der Waals surface area contributed by atoms with E-state index in [4.69, 9.17) is 11.6 Å². The van der Waals surface area contributed by atoms with Crippen LogP contribution in [-0.2, 0) is 0 Å². The first-order chi connectivity index (χ1) is 5.20. The van der Waals surface area contributed by atoms with Gasteiger partial charge >= 0.3 is 0 Å². The summed E-state index contributed by atoms with van der Waals surface area (Å²) in [5.41, 5.74) is 2.23. The Bertz CT molecular complexity index is 176. The number of hydrogen-bond donors (Lipinski definition) is 0. The summed E-state index contributed by atoms with van der Waals surface area (Å²) < 4.78 is 0. The number of nitrogens with zero attached hydrogens (tertiary/aromatic N) is 1. The molecule has 0 bridgehead atoms. The molecule has 0 aromatic rings. The van der Waals surface area contributed by atoms with Gasteiger partial charge in [0.1, 0.15) is 6.00 Å². The average Bonchev–Trinajstić information content (AvgIpc) is 1.87. The summed E-state index contributed by atoms with van der Waals surface area (Å²) in [5.74, 6) is 0. The summed E-state index contributed by atoms with van der Waals surface area (Å²) in [6, 6.07) is 0.326. The third-order valence-corrected chi connectivity index (χ3v) is 1.19. The SMILES string of the molecule is C=CCC(C=C(C)C)=NCCl. The van der Waals surface area contributed by atoms with Crippen molar-refractivity contribution in [3.8, 4) is 0 Å². The third-order valence-electron chi connectivity index (χ3n) is 1.07. The minimum Gasteiger partial charge on any atom is -0.273 e. The van der Waals surface area contributed by atoms with Gasteiger partial charge in [-0.2, -0.15) is 0 Å². The maximum atomic E-state index is 5.46. The van der Waals surface area contributed by atoms with Crippen LogP contribution in [-0.4, -0.2) is 11.7 Å². The lowest BCUT2D eigenvalue weighted by Gasteiger charge is -1.95. The fourth-order valence-corrected chi connectivity index (χ4v) is 0.881. The summed E-state index contributed by atoms with van der Waals surface area (Å²) in [4.78, 5) is 4.09. The van der Waals surface area contributed by atoms with Gasteiger partial charge in [-0.1, -0.05) is 11.6 Å². The first-order valence-electron chi connectivity index (χ1n) is 3.55. The van der Waals surface area contributed by atoms with Gasteiger partial charge in [0.05, 0.1) is 0 Å². The van der Waals surface area contributed by atoms with E-state index in [0.717, 1.165) is 12.1 Å². The molecule has 0 heterocycles. The Hall–Kier alpha value is -0.560. The van der Waals surface area contributed by atoms with Crippen molar-refractivity contribution in [2.75, 3.05) is 6.00 Å². The van der Waals surface area contributed by atoms with E-state index >= 15 is 0 Å². The lowest BCUT2D eigenvalue weighted by atomic mass is 10.2. The van der Waals surface area contributed by atoms with E-state index in [1.807, 2.05) is 26.0 Å². The fraction of sp³-hybridized carbons (Fsp3) is 0.444. The molecular weight excluding hydrogens is 158 g/mol. The van der Waals surface area contributed by atoms with Crippen molar-refractivity contribution in [3.63, 3.8) is 0 Å². The molecule has 11 heavy (non-hydrogen) atoms. The quantitative estimate of drug-likeness (QED) is 0.267. The van der Waals surface area contributed by atoms with Crippen molar-refractivity contribution >= 4 is 17.3 Å². The molecule has 0 saturated heterocycles. The summed E-state index contributed by atoms with van der Waals surface area (Å²) in [6.45, 7) is 7.71. The molecule has 0 N–H and O–H groups in total. The van der Waals surface area contributed by atoms with Gasteiger partial charge in [0.2, 0.25) is 0 Å². The smallest absolute Gasteiger partial charge is 0.113 e. The number of allylic oxidation sites excluding steroid dienone is 3. The molecule has 0 aromatic carbocycles. The van der Waals surface area contributed by atoms with Gasteiger partial charge in [-0.25, -0.2) is 0 Å². The van der Waals surface area contributed by atoms with Gasteiger partial charge in [-0.15, -0.1) is 18.2 Å². The predicted molar refractivity (Wildman–Crippen MR) is 52.4 cm³/mol. The molecule has 0 amide bonds. The molecule has 0 rings (SSSR count). The molecule has 2 heteroatoms. The highest BCUT2D eigenvalue weighted by Gasteiger charge is 1.89. The summed E-state index contributed by atoms with van der Waals surface area (Å²) in [5, 5.41) is 0. The van der Waals surface area contributed by atoms with Crippen LogP contribution >= 0.6 is 11.6 Å². The molecule has 0 saturated carbocycles.